The number of benzene rings is 1. The van der Waals surface area contributed by atoms with E-state index in [1.54, 1.807) is 11.5 Å². The van der Waals surface area contributed by atoms with Gasteiger partial charge >= 0.3 is 12.1 Å². The number of halogens is 3. The minimum Gasteiger partial charge on any atom is -0.448 e. The molecule has 1 aliphatic heterocycles. The van der Waals surface area contributed by atoms with Crippen molar-refractivity contribution in [3.63, 3.8) is 0 Å². The van der Waals surface area contributed by atoms with Gasteiger partial charge in [0, 0.05) is 18.7 Å². The molecule has 3 aromatic rings. The van der Waals surface area contributed by atoms with Crippen molar-refractivity contribution in [2.24, 2.45) is 0 Å². The van der Waals surface area contributed by atoms with Gasteiger partial charge in [0.2, 0.25) is 0 Å². The van der Waals surface area contributed by atoms with Crippen molar-refractivity contribution in [3.8, 4) is 0 Å². The smallest absolute Gasteiger partial charge is 0.416 e. The molecule has 1 atom stereocenters. The van der Waals surface area contributed by atoms with Crippen LogP contribution in [0.25, 0.3) is 10.2 Å². The second-order valence-electron chi connectivity index (χ2n) is 7.44. The molecule has 0 fully saturated rings. The van der Waals surface area contributed by atoms with E-state index in [4.69, 9.17) is 4.74 Å². The maximum Gasteiger partial charge on any atom is 0.416 e. The molecule has 4 rings (SSSR count). The third-order valence-corrected chi connectivity index (χ3v) is 6.40. The minimum atomic E-state index is -4.48. The van der Waals surface area contributed by atoms with Gasteiger partial charge < -0.3 is 10.1 Å². The van der Waals surface area contributed by atoms with Crippen LogP contribution in [-0.4, -0.2) is 27.5 Å². The number of ether oxygens (including phenoxy) is 1. The molecule has 11 heteroatoms. The number of aromatic nitrogens is 2. The van der Waals surface area contributed by atoms with Crippen molar-refractivity contribution >= 4 is 39.1 Å². The zero-order valence-corrected chi connectivity index (χ0v) is 17.9. The number of hydrogen-bond donors (Lipinski definition) is 1. The van der Waals surface area contributed by atoms with Crippen molar-refractivity contribution in [3.05, 3.63) is 56.4 Å². The van der Waals surface area contributed by atoms with Crippen molar-refractivity contribution < 1.29 is 27.5 Å². The topological polar surface area (TPSA) is 90.3 Å². The Hall–Kier alpha value is -3.21. The summed E-state index contributed by atoms with van der Waals surface area (Å²) < 4.78 is 44.8. The first-order valence-corrected chi connectivity index (χ1v) is 10.6. The Kier molecular flexibility index (Phi) is 5.53. The molecular formula is C21H18F3N3O4S. The van der Waals surface area contributed by atoms with Crippen LogP contribution in [0.2, 0.25) is 0 Å². The summed E-state index contributed by atoms with van der Waals surface area (Å²) in [6.45, 7) is 3.57. The number of alkyl halides is 3. The summed E-state index contributed by atoms with van der Waals surface area (Å²) >= 11 is 1.04. The van der Waals surface area contributed by atoms with E-state index in [2.05, 4.69) is 10.3 Å². The Morgan fingerprint density at radius 2 is 1.94 bits per heavy atom. The van der Waals surface area contributed by atoms with E-state index >= 15 is 0 Å². The molecule has 1 aromatic carbocycles. The predicted octanol–water partition coefficient (Wildman–Crippen LogP) is 3.92. The molecule has 3 heterocycles. The Morgan fingerprint density at radius 3 is 2.59 bits per heavy atom. The van der Waals surface area contributed by atoms with Crippen LogP contribution >= 0.6 is 11.3 Å². The summed E-state index contributed by atoms with van der Waals surface area (Å²) in [7, 11) is 0. The van der Waals surface area contributed by atoms with E-state index < -0.39 is 29.7 Å². The summed E-state index contributed by atoms with van der Waals surface area (Å²) in [6, 6.07) is 3.92. The maximum absolute atomic E-state index is 12.7. The van der Waals surface area contributed by atoms with Crippen molar-refractivity contribution in [2.75, 3.05) is 5.32 Å². The average Bonchev–Trinajstić information content (AvgIpc) is 3.32. The van der Waals surface area contributed by atoms with Crippen molar-refractivity contribution in [1.29, 1.82) is 0 Å². The average molecular weight is 465 g/mol. The first-order chi connectivity index (χ1) is 15.1. The quantitative estimate of drug-likeness (QED) is 0.590. The molecule has 0 spiro atoms. The summed E-state index contributed by atoms with van der Waals surface area (Å²) in [5, 5.41) is 2.78. The van der Waals surface area contributed by atoms with Gasteiger partial charge in [-0.1, -0.05) is 0 Å². The Balaban J connectivity index is 1.48. The van der Waals surface area contributed by atoms with Crippen LogP contribution in [-0.2, 0) is 28.7 Å². The van der Waals surface area contributed by atoms with Crippen LogP contribution < -0.4 is 10.9 Å². The number of fused-ring (bicyclic) bond motifs is 2. The molecule has 7 nitrogen and oxygen atoms in total. The van der Waals surface area contributed by atoms with Crippen LogP contribution in [0, 0.1) is 6.92 Å². The summed E-state index contributed by atoms with van der Waals surface area (Å²) in [5.74, 6) is -0.785. The summed E-state index contributed by atoms with van der Waals surface area (Å²) in [5.41, 5.74) is -0.449. The van der Waals surface area contributed by atoms with E-state index in [0.717, 1.165) is 42.0 Å². The highest BCUT2D eigenvalue weighted by molar-refractivity contribution is 7.20. The van der Waals surface area contributed by atoms with E-state index in [9.17, 15) is 27.6 Å². The highest BCUT2D eigenvalue weighted by Gasteiger charge is 2.30. The van der Waals surface area contributed by atoms with Gasteiger partial charge in [0.15, 0.2) is 6.10 Å². The first-order valence-electron chi connectivity index (χ1n) is 9.78. The number of nitrogens with one attached hydrogen (secondary N) is 1. The third kappa shape index (κ3) is 3.99. The monoisotopic (exact) mass is 465 g/mol. The second-order valence-corrected chi connectivity index (χ2v) is 8.44. The molecule has 1 N–H and O–H groups in total. The zero-order valence-electron chi connectivity index (χ0n) is 17.1. The van der Waals surface area contributed by atoms with Gasteiger partial charge in [0.05, 0.1) is 10.9 Å². The lowest BCUT2D eigenvalue weighted by Gasteiger charge is -2.14. The molecule has 0 saturated heterocycles. The van der Waals surface area contributed by atoms with E-state index in [0.29, 0.717) is 34.6 Å². The van der Waals surface area contributed by atoms with Gasteiger partial charge in [-0.25, -0.2) is 9.78 Å². The first kappa shape index (κ1) is 22.0. The van der Waals surface area contributed by atoms with Crippen molar-refractivity contribution in [2.45, 2.75) is 45.5 Å². The lowest BCUT2D eigenvalue weighted by molar-refractivity contribution is -0.137. The predicted molar refractivity (Wildman–Crippen MR) is 112 cm³/mol. The number of carbonyl (C=O) groups is 2. The Morgan fingerprint density at radius 1 is 1.25 bits per heavy atom. The van der Waals surface area contributed by atoms with Gasteiger partial charge in [-0.05, 0) is 50.1 Å². The Bertz CT molecular complexity index is 1280. The molecule has 1 amide bonds. The van der Waals surface area contributed by atoms with Crippen LogP contribution in [0.3, 0.4) is 0 Å². The number of hydrogen-bond acceptors (Lipinski definition) is 6. The summed E-state index contributed by atoms with van der Waals surface area (Å²) in [6.07, 6.45) is -4.15. The molecule has 0 saturated carbocycles. The summed E-state index contributed by atoms with van der Waals surface area (Å²) in [4.78, 5) is 42.9. The number of thiophene rings is 1. The van der Waals surface area contributed by atoms with Gasteiger partial charge in [-0.2, -0.15) is 13.2 Å². The van der Waals surface area contributed by atoms with Crippen molar-refractivity contribution in [1.82, 2.24) is 9.55 Å². The van der Waals surface area contributed by atoms with Gasteiger partial charge in [0.1, 0.15) is 15.5 Å². The number of esters is 1. The lowest BCUT2D eigenvalue weighted by atomic mass is 10.2. The second kappa shape index (κ2) is 8.05. The molecule has 0 aliphatic carbocycles. The number of amides is 1. The number of rotatable bonds is 4. The highest BCUT2D eigenvalue weighted by Crippen LogP contribution is 2.31. The molecular weight excluding hydrogens is 447 g/mol. The molecule has 2 aromatic heterocycles. The van der Waals surface area contributed by atoms with Gasteiger partial charge in [0.25, 0.3) is 11.5 Å². The number of carbonyl (C=O) groups excluding carboxylic acids is 2. The maximum atomic E-state index is 12.7. The molecule has 168 valence electrons. The molecule has 1 aliphatic rings. The SMILES string of the molecule is Cc1c(C(=O)OC(C)C(=O)Nc2ccc(C(F)(F)F)cc2)sc2nc3n(c(=O)c12)CCC3. The molecule has 0 radical (unpaired) electrons. The fourth-order valence-electron chi connectivity index (χ4n) is 3.52. The highest BCUT2D eigenvalue weighted by atomic mass is 32.1. The number of nitrogens with zero attached hydrogens (tertiary/aromatic N) is 2. The van der Waals surface area contributed by atoms with Crippen LogP contribution in [0.15, 0.2) is 29.1 Å². The fourth-order valence-corrected chi connectivity index (χ4v) is 4.60. The third-order valence-electron chi connectivity index (χ3n) is 5.23. The fraction of sp³-hybridized carbons (Fsp3) is 0.333. The standard InChI is InChI=1S/C21H18F3N3O4S/c1-10-15-18(26-14-4-3-9-27(14)19(15)29)32-16(10)20(30)31-11(2)17(28)25-13-7-5-12(6-8-13)21(22,23)24/h5-8,11H,3-4,9H2,1-2H3,(H,25,28). The normalized spacial score (nSPS) is 14.3. The molecule has 1 unspecified atom stereocenters. The number of anilines is 1. The van der Waals surface area contributed by atoms with E-state index in [1.807, 2.05) is 0 Å². The molecule has 0 bridgehead atoms. The van der Waals surface area contributed by atoms with Crippen LogP contribution in [0.4, 0.5) is 18.9 Å². The lowest BCUT2D eigenvalue weighted by Crippen LogP contribution is -2.30. The number of aryl methyl sites for hydroxylation is 2. The zero-order chi connectivity index (χ0) is 23.2. The van der Waals surface area contributed by atoms with E-state index in [1.165, 1.54) is 6.92 Å². The van der Waals surface area contributed by atoms with Crippen LogP contribution in [0.1, 0.15) is 40.0 Å². The largest absolute Gasteiger partial charge is 0.448 e. The van der Waals surface area contributed by atoms with Crippen LogP contribution in [0.5, 0.6) is 0 Å². The van der Waals surface area contributed by atoms with Gasteiger partial charge in [-0.15, -0.1) is 11.3 Å². The molecule has 32 heavy (non-hydrogen) atoms. The minimum absolute atomic E-state index is 0.135. The van der Waals surface area contributed by atoms with Gasteiger partial charge in [-0.3, -0.25) is 14.2 Å². The Labute approximate surface area is 183 Å². The van der Waals surface area contributed by atoms with E-state index in [-0.39, 0.29) is 16.1 Å².